The summed E-state index contributed by atoms with van der Waals surface area (Å²) in [5.41, 5.74) is 1.13. The molecule has 1 saturated carbocycles. The van der Waals surface area contributed by atoms with E-state index in [0.717, 1.165) is 37.5 Å². The molecule has 3 N–H and O–H groups in total. The molecule has 0 aromatic heterocycles. The molecular weight excluding hydrogens is 345 g/mol. The molecule has 24 heavy (non-hydrogen) atoms. The summed E-state index contributed by atoms with van der Waals surface area (Å²) in [6.07, 6.45) is 7.16. The van der Waals surface area contributed by atoms with Gasteiger partial charge in [-0.15, -0.1) is 24.8 Å². The molecule has 1 heterocycles. The van der Waals surface area contributed by atoms with E-state index in [1.165, 1.54) is 25.7 Å². The zero-order valence-corrected chi connectivity index (χ0v) is 15.6. The largest absolute Gasteiger partial charge is 0.385 e. The van der Waals surface area contributed by atoms with Crippen LogP contribution in [0.2, 0.25) is 0 Å². The molecule has 1 amide bonds. The van der Waals surface area contributed by atoms with E-state index in [4.69, 9.17) is 0 Å². The number of halogens is 2. The maximum absolute atomic E-state index is 12.2. The fourth-order valence-corrected chi connectivity index (χ4v) is 3.73. The van der Waals surface area contributed by atoms with Crippen molar-refractivity contribution in [1.82, 2.24) is 10.6 Å². The maximum Gasteiger partial charge on any atom is 0.237 e. The van der Waals surface area contributed by atoms with Gasteiger partial charge in [-0.1, -0.05) is 31.0 Å². The zero-order chi connectivity index (χ0) is 15.2. The smallest absolute Gasteiger partial charge is 0.237 e. The fraction of sp³-hybridized carbons (Fsp3) is 0.611. The number of nitrogens with one attached hydrogen (secondary N) is 3. The van der Waals surface area contributed by atoms with E-state index in [-0.39, 0.29) is 36.8 Å². The van der Waals surface area contributed by atoms with Crippen LogP contribution in [-0.2, 0) is 4.79 Å². The third-order valence-electron chi connectivity index (χ3n) is 4.93. The van der Waals surface area contributed by atoms with Gasteiger partial charge in [-0.25, -0.2) is 0 Å². The van der Waals surface area contributed by atoms with Crippen LogP contribution in [-0.4, -0.2) is 31.1 Å². The van der Waals surface area contributed by atoms with Crippen LogP contribution in [0.1, 0.15) is 38.5 Å². The highest BCUT2D eigenvalue weighted by Gasteiger charge is 2.37. The van der Waals surface area contributed by atoms with Crippen molar-refractivity contribution in [3.8, 4) is 0 Å². The number of fused-ring (bicyclic) bond motifs is 1. The van der Waals surface area contributed by atoms with Gasteiger partial charge in [0.05, 0.1) is 6.04 Å². The second kappa shape index (κ2) is 10.8. The van der Waals surface area contributed by atoms with Gasteiger partial charge >= 0.3 is 0 Å². The summed E-state index contributed by atoms with van der Waals surface area (Å²) < 4.78 is 0. The van der Waals surface area contributed by atoms with Crippen LogP contribution in [0.3, 0.4) is 0 Å². The van der Waals surface area contributed by atoms with Crippen molar-refractivity contribution in [2.24, 2.45) is 5.92 Å². The van der Waals surface area contributed by atoms with Gasteiger partial charge in [0.25, 0.3) is 0 Å². The van der Waals surface area contributed by atoms with Crippen molar-refractivity contribution in [3.63, 3.8) is 0 Å². The van der Waals surface area contributed by atoms with E-state index in [0.29, 0.717) is 6.04 Å². The molecule has 0 radical (unpaired) electrons. The molecule has 0 bridgehead atoms. The summed E-state index contributed by atoms with van der Waals surface area (Å²) in [5.74, 6) is 0.915. The summed E-state index contributed by atoms with van der Waals surface area (Å²) >= 11 is 0. The Balaban J connectivity index is 0.00000144. The van der Waals surface area contributed by atoms with Crippen LogP contribution >= 0.6 is 24.8 Å². The van der Waals surface area contributed by atoms with Gasteiger partial charge in [0.1, 0.15) is 0 Å². The second-order valence-electron chi connectivity index (χ2n) is 6.54. The van der Waals surface area contributed by atoms with Gasteiger partial charge in [0, 0.05) is 24.8 Å². The summed E-state index contributed by atoms with van der Waals surface area (Å²) in [7, 11) is 0. The van der Waals surface area contributed by atoms with E-state index in [9.17, 15) is 4.79 Å². The molecule has 1 aliphatic carbocycles. The Kier molecular flexibility index (Phi) is 9.49. The quantitative estimate of drug-likeness (QED) is 0.670. The third kappa shape index (κ3) is 5.83. The highest BCUT2D eigenvalue weighted by atomic mass is 35.5. The molecule has 2 aliphatic rings. The van der Waals surface area contributed by atoms with Gasteiger partial charge in [-0.05, 0) is 43.7 Å². The van der Waals surface area contributed by atoms with Gasteiger partial charge in [-0.3, -0.25) is 4.79 Å². The number of rotatable bonds is 6. The molecule has 1 saturated heterocycles. The van der Waals surface area contributed by atoms with Crippen LogP contribution in [0.15, 0.2) is 30.3 Å². The molecular formula is C18H29Cl2N3O. The number of carbonyl (C=O) groups is 1. The topological polar surface area (TPSA) is 53.2 Å². The minimum atomic E-state index is 0. The molecule has 136 valence electrons. The minimum absolute atomic E-state index is 0. The molecule has 1 aromatic rings. The molecule has 2 fully saturated rings. The van der Waals surface area contributed by atoms with E-state index < -0.39 is 0 Å². The van der Waals surface area contributed by atoms with Gasteiger partial charge < -0.3 is 16.0 Å². The summed E-state index contributed by atoms with van der Waals surface area (Å²) in [5, 5.41) is 9.97. The lowest BCUT2D eigenvalue weighted by molar-refractivity contribution is -0.122. The van der Waals surface area contributed by atoms with Crippen molar-refractivity contribution < 1.29 is 4.79 Å². The average molecular weight is 374 g/mol. The highest BCUT2D eigenvalue weighted by molar-refractivity contribution is 5.85. The lowest BCUT2D eigenvalue weighted by atomic mass is 9.85. The van der Waals surface area contributed by atoms with Crippen molar-refractivity contribution in [2.45, 2.75) is 50.6 Å². The first-order valence-electron chi connectivity index (χ1n) is 8.65. The average Bonchev–Trinajstić information content (AvgIpc) is 2.99. The Morgan fingerprint density at radius 2 is 1.83 bits per heavy atom. The predicted molar refractivity (Wildman–Crippen MR) is 104 cm³/mol. The standard InChI is InChI=1S/C18H27N3O.2ClH/c22-18(17-13-14-7-4-5-10-16(14)21-17)20-12-6-11-19-15-8-2-1-3-9-15;;/h1-3,8-9,14,16-17,19,21H,4-7,10-13H2,(H,20,22);2*1H. The van der Waals surface area contributed by atoms with Gasteiger partial charge in [-0.2, -0.15) is 0 Å². The normalized spacial score (nSPS) is 24.9. The minimum Gasteiger partial charge on any atom is -0.385 e. The first kappa shape index (κ1) is 21.1. The summed E-state index contributed by atoms with van der Waals surface area (Å²) in [4.78, 5) is 12.2. The SMILES string of the molecule is Cl.Cl.O=C(NCCCNc1ccccc1)C1CC2CCCCC2N1. The fourth-order valence-electron chi connectivity index (χ4n) is 3.73. The van der Waals surface area contributed by atoms with Crippen molar-refractivity contribution >= 4 is 36.4 Å². The number of anilines is 1. The molecule has 3 atom stereocenters. The summed E-state index contributed by atoms with van der Waals surface area (Å²) in [6, 6.07) is 10.8. The van der Waals surface area contributed by atoms with Crippen molar-refractivity contribution in [1.29, 1.82) is 0 Å². The number of carbonyl (C=O) groups excluding carboxylic acids is 1. The first-order chi connectivity index (χ1) is 10.8. The Hall–Kier alpha value is -0.970. The number of benzene rings is 1. The second-order valence-corrected chi connectivity index (χ2v) is 6.54. The molecule has 4 nitrogen and oxygen atoms in total. The van der Waals surface area contributed by atoms with Crippen LogP contribution in [0.25, 0.3) is 0 Å². The molecule has 3 unspecified atom stereocenters. The zero-order valence-electron chi connectivity index (χ0n) is 14.0. The Labute approximate surface area is 157 Å². The summed E-state index contributed by atoms with van der Waals surface area (Å²) in [6.45, 7) is 1.62. The lowest BCUT2D eigenvalue weighted by Crippen LogP contribution is -2.43. The molecule has 1 aliphatic heterocycles. The maximum atomic E-state index is 12.2. The van der Waals surface area contributed by atoms with E-state index >= 15 is 0 Å². The number of para-hydroxylation sites is 1. The first-order valence-corrected chi connectivity index (χ1v) is 8.65. The van der Waals surface area contributed by atoms with Gasteiger partial charge in [0.2, 0.25) is 5.91 Å². The monoisotopic (exact) mass is 373 g/mol. The molecule has 3 rings (SSSR count). The number of hydrogen-bond donors (Lipinski definition) is 3. The van der Waals surface area contributed by atoms with Crippen LogP contribution in [0.5, 0.6) is 0 Å². The molecule has 6 heteroatoms. The Morgan fingerprint density at radius 1 is 1.08 bits per heavy atom. The number of amides is 1. The lowest BCUT2D eigenvalue weighted by Gasteiger charge is -2.24. The molecule has 1 aromatic carbocycles. The van der Waals surface area contributed by atoms with E-state index in [1.807, 2.05) is 18.2 Å². The molecule has 0 spiro atoms. The number of hydrogen-bond acceptors (Lipinski definition) is 3. The van der Waals surface area contributed by atoms with Gasteiger partial charge in [0.15, 0.2) is 0 Å². The van der Waals surface area contributed by atoms with Crippen LogP contribution in [0, 0.1) is 5.92 Å². The van der Waals surface area contributed by atoms with E-state index in [2.05, 4.69) is 28.1 Å². The van der Waals surface area contributed by atoms with Crippen molar-refractivity contribution in [3.05, 3.63) is 30.3 Å². The van der Waals surface area contributed by atoms with Crippen LogP contribution in [0.4, 0.5) is 5.69 Å². The van der Waals surface area contributed by atoms with Crippen molar-refractivity contribution in [2.75, 3.05) is 18.4 Å². The Bertz CT molecular complexity index is 472. The third-order valence-corrected chi connectivity index (χ3v) is 4.93. The Morgan fingerprint density at radius 3 is 2.58 bits per heavy atom. The van der Waals surface area contributed by atoms with Crippen LogP contribution < -0.4 is 16.0 Å². The predicted octanol–water partition coefficient (Wildman–Crippen LogP) is 3.37. The highest BCUT2D eigenvalue weighted by Crippen LogP contribution is 2.33. The van der Waals surface area contributed by atoms with E-state index in [1.54, 1.807) is 0 Å².